The van der Waals surface area contributed by atoms with E-state index in [9.17, 15) is 39.5 Å². The summed E-state index contributed by atoms with van der Waals surface area (Å²) in [6.07, 6.45) is 3.48. The van der Waals surface area contributed by atoms with Gasteiger partial charge in [0.15, 0.2) is 0 Å². The highest BCUT2D eigenvalue weighted by Crippen LogP contribution is 2.54. The van der Waals surface area contributed by atoms with Gasteiger partial charge in [-0.3, -0.25) is 0 Å². The molecule has 0 radical (unpaired) electrons. The topological polar surface area (TPSA) is 0 Å². The molecule has 0 saturated carbocycles. The van der Waals surface area contributed by atoms with Crippen LogP contribution in [-0.4, -0.2) is 67.1 Å². The Balaban J connectivity index is 4.12. The molecule has 0 aliphatic carbocycles. The fourth-order valence-corrected chi connectivity index (χ4v) is 4.55. The zero-order chi connectivity index (χ0) is 25.8. The molecular weight excluding hydrogens is 481 g/mol. The third-order valence-corrected chi connectivity index (χ3v) is 6.69. The average molecular weight is 521 g/mol. The van der Waals surface area contributed by atoms with Crippen LogP contribution >= 0.6 is 11.8 Å². The van der Waals surface area contributed by atoms with Crippen LogP contribution in [0, 0.1) is 0 Å². The van der Waals surface area contributed by atoms with Crippen molar-refractivity contribution in [2.75, 3.05) is 38.7 Å². The Morgan fingerprint density at radius 2 is 1.03 bits per heavy atom. The first kappa shape index (κ1) is 32.7. The molecule has 0 aromatic rings. The van der Waals surface area contributed by atoms with Crippen LogP contribution in [-0.2, 0) is 0 Å². The largest absolute Gasteiger partial charge is 0.460 e. The number of quaternary nitrogens is 1. The lowest BCUT2D eigenvalue weighted by atomic mass is 10.0. The molecule has 0 N–H and O–H groups in total. The number of nitrogens with zero attached hydrogens (tertiary/aromatic N) is 1. The predicted molar refractivity (Wildman–Crippen MR) is 117 cm³/mol. The summed E-state index contributed by atoms with van der Waals surface area (Å²) in [6, 6.07) is 0. The molecule has 0 aliphatic rings. The van der Waals surface area contributed by atoms with Crippen LogP contribution in [0.2, 0.25) is 0 Å². The Morgan fingerprint density at radius 1 is 0.576 bits per heavy atom. The lowest BCUT2D eigenvalue weighted by Crippen LogP contribution is -2.60. The van der Waals surface area contributed by atoms with E-state index < -0.39 is 36.1 Å². The Bertz CT molecular complexity index is 522. The molecule has 1 nitrogen and oxygen atoms in total. The number of unbranched alkanes of at least 4 members (excludes halogenated alkanes) is 9. The van der Waals surface area contributed by atoms with E-state index in [-0.39, 0.29) is 0 Å². The minimum Gasteiger partial charge on any atom is -0.328 e. The SMILES string of the molecule is CCCCCCCCCCCC[N+](C)(C)CCSCCC(F)(F)C(F)(F)C(F)(F)C(F)(F)F. The zero-order valence-corrected chi connectivity index (χ0v) is 20.7. The van der Waals surface area contributed by atoms with Crippen LogP contribution in [0.25, 0.3) is 0 Å². The molecule has 0 spiro atoms. The number of hydrogen-bond donors (Lipinski definition) is 0. The molecule has 33 heavy (non-hydrogen) atoms. The standard InChI is InChI=1S/C22H39F9NS/c1-4-5-6-7-8-9-10-11-12-13-15-32(2,3)16-18-33-17-14-19(23,24)20(25,26)21(27,28)22(29,30)31/h4-18H2,1-3H3/q+1. The normalized spacial score (nSPS) is 14.2. The van der Waals surface area contributed by atoms with Crippen LogP contribution < -0.4 is 0 Å². The van der Waals surface area contributed by atoms with Crippen LogP contribution in [0.5, 0.6) is 0 Å². The van der Waals surface area contributed by atoms with Gasteiger partial charge in [-0.15, -0.1) is 0 Å². The molecule has 0 rings (SSSR count). The van der Waals surface area contributed by atoms with Crippen molar-refractivity contribution in [3.05, 3.63) is 0 Å². The minimum absolute atomic E-state index is 0.308. The maximum atomic E-state index is 13.5. The summed E-state index contributed by atoms with van der Waals surface area (Å²) in [7, 11) is 3.89. The summed E-state index contributed by atoms with van der Waals surface area (Å²) in [6.45, 7) is 3.58. The number of thioether (sulfide) groups is 1. The van der Waals surface area contributed by atoms with Gasteiger partial charge in [-0.25, -0.2) is 0 Å². The lowest BCUT2D eigenvalue weighted by molar-refractivity contribution is -0.888. The fraction of sp³-hybridized carbons (Fsp3) is 1.00. The summed E-state index contributed by atoms with van der Waals surface area (Å²) in [4.78, 5) is 0. The quantitative estimate of drug-likeness (QED) is 0.0934. The maximum absolute atomic E-state index is 13.5. The molecule has 0 fully saturated rings. The van der Waals surface area contributed by atoms with Crippen molar-refractivity contribution >= 4 is 11.8 Å². The fourth-order valence-electron chi connectivity index (χ4n) is 3.32. The van der Waals surface area contributed by atoms with Gasteiger partial charge < -0.3 is 4.48 Å². The van der Waals surface area contributed by atoms with Crippen molar-refractivity contribution in [1.29, 1.82) is 0 Å². The smallest absolute Gasteiger partial charge is 0.328 e. The van der Waals surface area contributed by atoms with E-state index in [0.29, 0.717) is 16.8 Å². The molecule has 0 atom stereocenters. The van der Waals surface area contributed by atoms with E-state index in [1.165, 1.54) is 44.9 Å². The summed E-state index contributed by atoms with van der Waals surface area (Å²) < 4.78 is 116. The molecule has 0 amide bonds. The Kier molecular flexibility index (Phi) is 14.2. The van der Waals surface area contributed by atoms with Gasteiger partial charge in [-0.1, -0.05) is 58.3 Å². The molecule has 0 heterocycles. The highest BCUT2D eigenvalue weighted by molar-refractivity contribution is 7.99. The van der Waals surface area contributed by atoms with Crippen LogP contribution in [0.4, 0.5) is 39.5 Å². The summed E-state index contributed by atoms with van der Waals surface area (Å²) in [5, 5.41) is 0. The van der Waals surface area contributed by atoms with E-state index in [0.717, 1.165) is 37.6 Å². The highest BCUT2D eigenvalue weighted by Gasteiger charge is 2.81. The highest BCUT2D eigenvalue weighted by atomic mass is 32.2. The first-order chi connectivity index (χ1) is 15.0. The van der Waals surface area contributed by atoms with Crippen molar-refractivity contribution in [2.45, 2.75) is 101 Å². The zero-order valence-electron chi connectivity index (χ0n) is 19.9. The predicted octanol–water partition coefficient (Wildman–Crippen LogP) is 8.58. The van der Waals surface area contributed by atoms with Gasteiger partial charge in [0, 0.05) is 12.2 Å². The molecular formula is C22H39F9NS+. The van der Waals surface area contributed by atoms with Crippen molar-refractivity contribution in [1.82, 2.24) is 0 Å². The van der Waals surface area contributed by atoms with E-state index in [2.05, 4.69) is 6.92 Å². The molecule has 200 valence electrons. The molecule has 0 saturated heterocycles. The van der Waals surface area contributed by atoms with E-state index >= 15 is 0 Å². The second-order valence-corrected chi connectivity index (χ2v) is 10.5. The van der Waals surface area contributed by atoms with Crippen molar-refractivity contribution < 1.29 is 44.0 Å². The summed E-state index contributed by atoms with van der Waals surface area (Å²) in [5.41, 5.74) is 0. The van der Waals surface area contributed by atoms with Crippen LogP contribution in [0.15, 0.2) is 0 Å². The van der Waals surface area contributed by atoms with Gasteiger partial charge in [-0.05, 0) is 18.6 Å². The maximum Gasteiger partial charge on any atom is 0.460 e. The molecule has 0 aromatic carbocycles. The number of rotatable bonds is 19. The van der Waals surface area contributed by atoms with Crippen LogP contribution in [0.1, 0.15) is 77.6 Å². The Labute approximate surface area is 196 Å². The molecule has 0 bridgehead atoms. The number of halogens is 9. The van der Waals surface area contributed by atoms with Gasteiger partial charge in [0.25, 0.3) is 0 Å². The van der Waals surface area contributed by atoms with E-state index in [4.69, 9.17) is 0 Å². The number of alkyl halides is 9. The van der Waals surface area contributed by atoms with Gasteiger partial charge in [0.2, 0.25) is 0 Å². The van der Waals surface area contributed by atoms with Gasteiger partial charge >= 0.3 is 23.9 Å². The van der Waals surface area contributed by atoms with Gasteiger partial charge in [0.1, 0.15) is 0 Å². The first-order valence-corrected chi connectivity index (χ1v) is 12.8. The average Bonchev–Trinajstić information content (AvgIpc) is 2.67. The summed E-state index contributed by atoms with van der Waals surface area (Å²) in [5.74, 6) is -19.1. The third-order valence-electron chi connectivity index (χ3n) is 5.73. The second-order valence-electron chi connectivity index (χ2n) is 9.28. The molecule has 11 heteroatoms. The minimum atomic E-state index is -6.80. The molecule has 0 unspecified atom stereocenters. The monoisotopic (exact) mass is 520 g/mol. The summed E-state index contributed by atoms with van der Waals surface area (Å²) >= 11 is 0.844. The molecule has 0 aliphatic heterocycles. The van der Waals surface area contributed by atoms with E-state index in [1.807, 2.05) is 14.1 Å². The van der Waals surface area contributed by atoms with Gasteiger partial charge in [0.05, 0.1) is 27.2 Å². The molecule has 0 aromatic heterocycles. The van der Waals surface area contributed by atoms with E-state index in [1.54, 1.807) is 0 Å². The number of hydrogen-bond acceptors (Lipinski definition) is 1. The first-order valence-electron chi connectivity index (χ1n) is 11.6. The Hall–Kier alpha value is -0.320. The third kappa shape index (κ3) is 11.3. The van der Waals surface area contributed by atoms with Crippen molar-refractivity contribution in [2.24, 2.45) is 0 Å². The Morgan fingerprint density at radius 3 is 1.48 bits per heavy atom. The van der Waals surface area contributed by atoms with Crippen molar-refractivity contribution in [3.8, 4) is 0 Å². The second kappa shape index (κ2) is 14.3. The van der Waals surface area contributed by atoms with Crippen molar-refractivity contribution in [3.63, 3.8) is 0 Å². The lowest BCUT2D eigenvalue weighted by Gasteiger charge is -2.33. The van der Waals surface area contributed by atoms with Gasteiger partial charge in [-0.2, -0.15) is 51.3 Å². The van der Waals surface area contributed by atoms with Crippen LogP contribution in [0.3, 0.4) is 0 Å².